The van der Waals surface area contributed by atoms with Gasteiger partial charge in [-0.05, 0) is 58.9 Å². The summed E-state index contributed by atoms with van der Waals surface area (Å²) in [7, 11) is 1.71. The van der Waals surface area contributed by atoms with E-state index in [2.05, 4.69) is 39.4 Å². The average molecular weight is 465 g/mol. The number of nitrogens with zero attached hydrogens (tertiary/aromatic N) is 3. The zero-order valence-corrected chi connectivity index (χ0v) is 19.7. The largest absolute Gasteiger partial charge is 0.419 e. The van der Waals surface area contributed by atoms with Crippen molar-refractivity contribution >= 4 is 11.9 Å². The van der Waals surface area contributed by atoms with Crippen LogP contribution in [0.2, 0.25) is 0 Å². The van der Waals surface area contributed by atoms with Crippen molar-refractivity contribution in [1.29, 1.82) is 0 Å². The molecule has 180 valence electrons. The van der Waals surface area contributed by atoms with E-state index >= 15 is 0 Å². The molecule has 2 aromatic heterocycles. The van der Waals surface area contributed by atoms with Gasteiger partial charge in [0.1, 0.15) is 11.3 Å². The number of nitrogens with one attached hydrogen (secondary N) is 3. The van der Waals surface area contributed by atoms with Crippen LogP contribution in [0.1, 0.15) is 68.6 Å². The number of aromatic nitrogens is 3. The smallest absolute Gasteiger partial charge is 0.356 e. The molecule has 2 aliphatic heterocycles. The number of aromatic amines is 1. The van der Waals surface area contributed by atoms with Gasteiger partial charge in [0.05, 0.1) is 5.69 Å². The van der Waals surface area contributed by atoms with E-state index in [0.29, 0.717) is 36.2 Å². The second-order valence-electron chi connectivity index (χ2n) is 10.3. The van der Waals surface area contributed by atoms with Crippen LogP contribution in [0.4, 0.5) is 19.1 Å². The van der Waals surface area contributed by atoms with E-state index in [1.165, 1.54) is 6.20 Å². The normalized spacial score (nSPS) is 22.6. The van der Waals surface area contributed by atoms with E-state index in [9.17, 15) is 18.0 Å². The molecule has 0 aliphatic carbocycles. The third kappa shape index (κ3) is 4.58. The highest BCUT2D eigenvalue weighted by molar-refractivity contribution is 5.97. The maximum atomic E-state index is 13.9. The molecule has 1 unspecified atom stereocenters. The van der Waals surface area contributed by atoms with Gasteiger partial charge in [0.25, 0.3) is 5.91 Å². The summed E-state index contributed by atoms with van der Waals surface area (Å²) in [4.78, 5) is 25.8. The molecule has 4 heterocycles. The van der Waals surface area contributed by atoms with Crippen LogP contribution >= 0.6 is 0 Å². The van der Waals surface area contributed by atoms with Crippen molar-refractivity contribution in [2.45, 2.75) is 76.7 Å². The Balaban J connectivity index is 1.72. The maximum Gasteiger partial charge on any atom is 0.419 e. The lowest BCUT2D eigenvalue weighted by Crippen LogP contribution is -2.50. The van der Waals surface area contributed by atoms with E-state index in [1.807, 2.05) is 13.8 Å². The molecule has 0 bridgehead atoms. The number of carbonyl (C=O) groups is 1. The highest BCUT2D eigenvalue weighted by Gasteiger charge is 2.39. The van der Waals surface area contributed by atoms with Crippen molar-refractivity contribution in [3.8, 4) is 11.3 Å². The first-order valence-electron chi connectivity index (χ1n) is 11.2. The van der Waals surface area contributed by atoms with Crippen LogP contribution < -0.4 is 10.6 Å². The minimum Gasteiger partial charge on any atom is -0.356 e. The lowest BCUT2D eigenvalue weighted by molar-refractivity contribution is -0.137. The summed E-state index contributed by atoms with van der Waals surface area (Å²) in [6.07, 6.45) is 0.528. The Hall–Kier alpha value is -2.62. The van der Waals surface area contributed by atoms with E-state index < -0.39 is 17.3 Å². The molecule has 10 heteroatoms. The Morgan fingerprint density at radius 2 is 1.94 bits per heavy atom. The van der Waals surface area contributed by atoms with Crippen LogP contribution in [-0.4, -0.2) is 56.5 Å². The first-order chi connectivity index (χ1) is 15.3. The van der Waals surface area contributed by atoms with E-state index in [-0.39, 0.29) is 29.1 Å². The van der Waals surface area contributed by atoms with Crippen molar-refractivity contribution in [3.05, 3.63) is 29.2 Å². The number of halogens is 3. The Labute approximate surface area is 191 Å². The third-order valence-electron chi connectivity index (χ3n) is 7.03. The third-order valence-corrected chi connectivity index (χ3v) is 7.03. The maximum absolute atomic E-state index is 13.9. The van der Waals surface area contributed by atoms with E-state index in [4.69, 9.17) is 0 Å². The molecule has 7 nitrogen and oxygen atoms in total. The molecular weight excluding hydrogens is 433 g/mol. The fourth-order valence-electron chi connectivity index (χ4n) is 4.45. The molecule has 1 fully saturated rings. The SMILES string of the molecule is CN1C(=O)c2[nH]cc(-c3nc(NC4CCC(C)(C)NC4)ncc3C(F)(F)F)c2CCC1(C)C. The summed E-state index contributed by atoms with van der Waals surface area (Å²) in [6, 6.07) is 0.0157. The van der Waals surface area contributed by atoms with Gasteiger partial charge in [-0.3, -0.25) is 4.79 Å². The summed E-state index contributed by atoms with van der Waals surface area (Å²) in [6.45, 7) is 8.80. The van der Waals surface area contributed by atoms with Crippen LogP contribution in [0.3, 0.4) is 0 Å². The molecule has 1 amide bonds. The standard InChI is InChI=1S/C23H31F3N6O/c1-21(2)8-6-13(10-29-21)30-20-28-12-16(23(24,25)26)17(31-20)15-11-27-18-14(15)7-9-22(3,4)32(5)19(18)33/h11-13,27,29H,6-10H2,1-5H3,(H,28,30,31). The molecule has 3 N–H and O–H groups in total. The summed E-state index contributed by atoms with van der Waals surface area (Å²) in [5.41, 5.74) is -0.336. The molecule has 33 heavy (non-hydrogen) atoms. The zero-order valence-electron chi connectivity index (χ0n) is 19.7. The lowest BCUT2D eigenvalue weighted by Gasteiger charge is -2.36. The van der Waals surface area contributed by atoms with Gasteiger partial charge >= 0.3 is 6.18 Å². The fourth-order valence-corrected chi connectivity index (χ4v) is 4.45. The van der Waals surface area contributed by atoms with Crippen LogP contribution in [0.5, 0.6) is 0 Å². The summed E-state index contributed by atoms with van der Waals surface area (Å²) < 4.78 is 41.7. The quantitative estimate of drug-likeness (QED) is 0.633. The number of fused-ring (bicyclic) bond motifs is 1. The Morgan fingerprint density at radius 3 is 2.58 bits per heavy atom. The number of piperidine rings is 1. The highest BCUT2D eigenvalue weighted by atomic mass is 19.4. The molecule has 2 aromatic rings. The van der Waals surface area contributed by atoms with Gasteiger partial charge in [-0.15, -0.1) is 0 Å². The number of anilines is 1. The monoisotopic (exact) mass is 464 g/mol. The highest BCUT2D eigenvalue weighted by Crippen LogP contribution is 2.40. The fraction of sp³-hybridized carbons (Fsp3) is 0.609. The van der Waals surface area contributed by atoms with E-state index in [0.717, 1.165) is 19.0 Å². The number of hydrogen-bond donors (Lipinski definition) is 3. The van der Waals surface area contributed by atoms with Crippen molar-refractivity contribution < 1.29 is 18.0 Å². The summed E-state index contributed by atoms with van der Waals surface area (Å²) >= 11 is 0. The Morgan fingerprint density at radius 1 is 1.21 bits per heavy atom. The number of amides is 1. The Bertz CT molecular complexity index is 1050. The second kappa shape index (κ2) is 8.00. The zero-order chi connectivity index (χ0) is 24.2. The predicted octanol–water partition coefficient (Wildman–Crippen LogP) is 4.23. The molecule has 0 aromatic carbocycles. The van der Waals surface area contributed by atoms with Gasteiger partial charge in [0.15, 0.2) is 0 Å². The van der Waals surface area contributed by atoms with Crippen molar-refractivity contribution in [2.24, 2.45) is 0 Å². The molecule has 0 radical (unpaired) electrons. The minimum atomic E-state index is -4.63. The number of alkyl halides is 3. The van der Waals surface area contributed by atoms with Crippen molar-refractivity contribution in [2.75, 3.05) is 18.9 Å². The number of carbonyl (C=O) groups excluding carboxylic acids is 1. The van der Waals surface area contributed by atoms with Crippen molar-refractivity contribution in [1.82, 2.24) is 25.2 Å². The number of rotatable bonds is 3. The Kier molecular flexibility index (Phi) is 5.71. The molecule has 0 spiro atoms. The van der Waals surface area contributed by atoms with Gasteiger partial charge in [-0.2, -0.15) is 13.2 Å². The van der Waals surface area contributed by atoms with Crippen molar-refractivity contribution in [3.63, 3.8) is 0 Å². The molecule has 1 atom stereocenters. The summed E-state index contributed by atoms with van der Waals surface area (Å²) in [5, 5.41) is 6.61. The van der Waals surface area contributed by atoms with Crippen LogP contribution in [-0.2, 0) is 12.6 Å². The average Bonchev–Trinajstić information content (AvgIpc) is 3.12. The first-order valence-corrected chi connectivity index (χ1v) is 11.2. The molecule has 0 saturated carbocycles. The van der Waals surface area contributed by atoms with Gasteiger partial charge in [0, 0.05) is 48.7 Å². The molecular formula is C23H31F3N6O. The van der Waals surface area contributed by atoms with Gasteiger partial charge in [-0.1, -0.05) is 0 Å². The van der Waals surface area contributed by atoms with Crippen LogP contribution in [0, 0.1) is 0 Å². The van der Waals surface area contributed by atoms with Crippen LogP contribution in [0.25, 0.3) is 11.3 Å². The second-order valence-corrected chi connectivity index (χ2v) is 10.3. The van der Waals surface area contributed by atoms with Gasteiger partial charge in [0.2, 0.25) is 5.95 Å². The molecule has 4 rings (SSSR count). The predicted molar refractivity (Wildman–Crippen MR) is 120 cm³/mol. The number of H-pyrrole nitrogens is 1. The van der Waals surface area contributed by atoms with Gasteiger partial charge in [-0.25, -0.2) is 9.97 Å². The number of hydrogen-bond acceptors (Lipinski definition) is 5. The first kappa shape index (κ1) is 23.5. The molecule has 1 saturated heterocycles. The topological polar surface area (TPSA) is 85.9 Å². The minimum absolute atomic E-state index is 0.0157. The van der Waals surface area contributed by atoms with E-state index in [1.54, 1.807) is 11.9 Å². The lowest BCUT2D eigenvalue weighted by atomic mass is 9.91. The van der Waals surface area contributed by atoms with Crippen LogP contribution in [0.15, 0.2) is 12.4 Å². The summed E-state index contributed by atoms with van der Waals surface area (Å²) in [5.74, 6) is -0.0903. The van der Waals surface area contributed by atoms with Gasteiger partial charge < -0.3 is 20.5 Å². The molecule has 2 aliphatic rings.